The van der Waals surface area contributed by atoms with E-state index >= 15 is 0 Å². The minimum Gasteiger partial charge on any atom is -0.462 e. The van der Waals surface area contributed by atoms with Crippen molar-refractivity contribution < 1.29 is 9.53 Å². The van der Waals surface area contributed by atoms with Crippen molar-refractivity contribution in [2.45, 2.75) is 45.1 Å². The fraction of sp³-hybridized carbons (Fsp3) is 0.917. The summed E-state index contributed by atoms with van der Waals surface area (Å²) in [6.45, 7) is 3.84. The molecule has 2 aliphatic rings. The highest BCUT2D eigenvalue weighted by Crippen LogP contribution is 2.29. The molecule has 0 spiro atoms. The fourth-order valence-electron chi connectivity index (χ4n) is 2.44. The first-order valence-electron chi connectivity index (χ1n) is 6.20. The highest BCUT2D eigenvalue weighted by molar-refractivity contribution is 5.74. The Bertz CT molecular complexity index is 226. The number of ether oxygens (including phenoxy) is 1. The number of esters is 1. The summed E-state index contributed by atoms with van der Waals surface area (Å²) in [6.07, 6.45) is 6.12. The SMILES string of the molecule is CCC1CCCC(OC(=O)C2CNC2)C1. The van der Waals surface area contributed by atoms with Gasteiger partial charge in [-0.25, -0.2) is 0 Å². The van der Waals surface area contributed by atoms with Crippen LogP contribution in [0, 0.1) is 11.8 Å². The second kappa shape index (κ2) is 4.97. The molecule has 1 N–H and O–H groups in total. The van der Waals surface area contributed by atoms with Gasteiger partial charge >= 0.3 is 5.97 Å². The van der Waals surface area contributed by atoms with Crippen LogP contribution in [-0.4, -0.2) is 25.2 Å². The van der Waals surface area contributed by atoms with Gasteiger partial charge in [0.1, 0.15) is 6.10 Å². The summed E-state index contributed by atoms with van der Waals surface area (Å²) in [5.74, 6) is 0.929. The van der Waals surface area contributed by atoms with Crippen LogP contribution in [0.1, 0.15) is 39.0 Å². The van der Waals surface area contributed by atoms with Gasteiger partial charge in [0.25, 0.3) is 0 Å². The fourth-order valence-corrected chi connectivity index (χ4v) is 2.44. The van der Waals surface area contributed by atoms with E-state index in [0.29, 0.717) is 0 Å². The molecule has 1 saturated carbocycles. The van der Waals surface area contributed by atoms with E-state index in [2.05, 4.69) is 12.2 Å². The summed E-state index contributed by atoms with van der Waals surface area (Å²) < 4.78 is 5.55. The molecule has 2 fully saturated rings. The molecule has 0 amide bonds. The Hall–Kier alpha value is -0.570. The van der Waals surface area contributed by atoms with Crippen LogP contribution >= 0.6 is 0 Å². The summed E-state index contributed by atoms with van der Waals surface area (Å²) in [7, 11) is 0. The normalized spacial score (nSPS) is 32.1. The monoisotopic (exact) mass is 211 g/mol. The van der Waals surface area contributed by atoms with Gasteiger partial charge in [-0.05, 0) is 25.2 Å². The number of nitrogens with one attached hydrogen (secondary N) is 1. The Balaban J connectivity index is 1.75. The lowest BCUT2D eigenvalue weighted by Gasteiger charge is -2.31. The number of carbonyl (C=O) groups excluding carboxylic acids is 1. The van der Waals surface area contributed by atoms with Crippen molar-refractivity contribution in [3.8, 4) is 0 Å². The van der Waals surface area contributed by atoms with Crippen LogP contribution in [0.15, 0.2) is 0 Å². The number of carbonyl (C=O) groups is 1. The Morgan fingerprint density at radius 3 is 2.80 bits per heavy atom. The quantitative estimate of drug-likeness (QED) is 0.722. The first kappa shape index (κ1) is 10.9. The number of hydrogen-bond acceptors (Lipinski definition) is 3. The second-order valence-electron chi connectivity index (χ2n) is 4.85. The van der Waals surface area contributed by atoms with Gasteiger partial charge < -0.3 is 10.1 Å². The van der Waals surface area contributed by atoms with Gasteiger partial charge in [-0.3, -0.25) is 4.79 Å². The van der Waals surface area contributed by atoms with E-state index in [9.17, 15) is 4.79 Å². The lowest BCUT2D eigenvalue weighted by molar-refractivity contribution is -0.158. The van der Waals surface area contributed by atoms with Crippen molar-refractivity contribution in [1.82, 2.24) is 5.32 Å². The van der Waals surface area contributed by atoms with Gasteiger partial charge in [-0.2, -0.15) is 0 Å². The van der Waals surface area contributed by atoms with E-state index < -0.39 is 0 Å². The zero-order valence-electron chi connectivity index (χ0n) is 9.50. The molecule has 0 aromatic heterocycles. The summed E-state index contributed by atoms with van der Waals surface area (Å²) in [5, 5.41) is 3.10. The van der Waals surface area contributed by atoms with Crippen LogP contribution < -0.4 is 5.32 Å². The van der Waals surface area contributed by atoms with Crippen molar-refractivity contribution in [1.29, 1.82) is 0 Å². The third-order valence-electron chi connectivity index (χ3n) is 3.71. The highest BCUT2D eigenvalue weighted by atomic mass is 16.5. The first-order chi connectivity index (χ1) is 7.29. The summed E-state index contributed by atoms with van der Waals surface area (Å²) >= 11 is 0. The van der Waals surface area contributed by atoms with E-state index in [1.54, 1.807) is 0 Å². The minimum absolute atomic E-state index is 0.0236. The Kier molecular flexibility index (Phi) is 3.62. The smallest absolute Gasteiger partial charge is 0.311 e. The van der Waals surface area contributed by atoms with E-state index in [1.165, 1.54) is 19.3 Å². The molecule has 0 radical (unpaired) electrons. The predicted molar refractivity (Wildman–Crippen MR) is 58.5 cm³/mol. The summed E-state index contributed by atoms with van der Waals surface area (Å²) in [4.78, 5) is 11.6. The molecule has 86 valence electrons. The molecule has 0 aromatic carbocycles. The van der Waals surface area contributed by atoms with Crippen molar-refractivity contribution in [2.75, 3.05) is 13.1 Å². The maximum absolute atomic E-state index is 11.6. The Morgan fingerprint density at radius 2 is 2.20 bits per heavy atom. The molecule has 2 unspecified atom stereocenters. The van der Waals surface area contributed by atoms with E-state index in [0.717, 1.165) is 31.8 Å². The van der Waals surface area contributed by atoms with Crippen molar-refractivity contribution in [2.24, 2.45) is 11.8 Å². The summed E-state index contributed by atoms with van der Waals surface area (Å²) in [6, 6.07) is 0. The zero-order valence-corrected chi connectivity index (χ0v) is 9.50. The van der Waals surface area contributed by atoms with Gasteiger partial charge in [0.05, 0.1) is 5.92 Å². The molecule has 1 aliphatic carbocycles. The van der Waals surface area contributed by atoms with Crippen LogP contribution in [-0.2, 0) is 9.53 Å². The Morgan fingerprint density at radius 1 is 1.40 bits per heavy atom. The standard InChI is InChI=1S/C12H21NO2/c1-2-9-4-3-5-11(6-9)15-12(14)10-7-13-8-10/h9-11,13H,2-8H2,1H3. The van der Waals surface area contributed by atoms with Gasteiger partial charge in [-0.15, -0.1) is 0 Å². The second-order valence-corrected chi connectivity index (χ2v) is 4.85. The molecule has 3 nitrogen and oxygen atoms in total. The van der Waals surface area contributed by atoms with E-state index in [4.69, 9.17) is 4.74 Å². The van der Waals surface area contributed by atoms with Crippen LogP contribution in [0.2, 0.25) is 0 Å². The molecular formula is C12H21NO2. The lowest BCUT2D eigenvalue weighted by Crippen LogP contribution is -2.48. The molecule has 2 rings (SSSR count). The molecule has 2 atom stereocenters. The van der Waals surface area contributed by atoms with Crippen molar-refractivity contribution in [3.63, 3.8) is 0 Å². The van der Waals surface area contributed by atoms with Crippen LogP contribution in [0.4, 0.5) is 0 Å². The maximum atomic E-state index is 11.6. The lowest BCUT2D eigenvalue weighted by atomic mass is 9.85. The van der Waals surface area contributed by atoms with Gasteiger partial charge in [0.15, 0.2) is 0 Å². The van der Waals surface area contributed by atoms with Crippen LogP contribution in [0.5, 0.6) is 0 Å². The average molecular weight is 211 g/mol. The molecule has 1 aliphatic heterocycles. The molecular weight excluding hydrogens is 190 g/mol. The predicted octanol–water partition coefficient (Wildman–Crippen LogP) is 1.72. The largest absolute Gasteiger partial charge is 0.462 e. The summed E-state index contributed by atoms with van der Waals surface area (Å²) in [5.41, 5.74) is 0. The molecule has 1 heterocycles. The van der Waals surface area contributed by atoms with Gasteiger partial charge in [0.2, 0.25) is 0 Å². The highest BCUT2D eigenvalue weighted by Gasteiger charge is 2.30. The van der Waals surface area contributed by atoms with Crippen LogP contribution in [0.25, 0.3) is 0 Å². The van der Waals surface area contributed by atoms with Crippen molar-refractivity contribution >= 4 is 5.97 Å². The topological polar surface area (TPSA) is 38.3 Å². The number of rotatable bonds is 3. The molecule has 0 aromatic rings. The minimum atomic E-state index is 0.0236. The number of hydrogen-bond donors (Lipinski definition) is 1. The maximum Gasteiger partial charge on any atom is 0.311 e. The van der Waals surface area contributed by atoms with Gasteiger partial charge in [0, 0.05) is 13.1 Å². The van der Waals surface area contributed by atoms with E-state index in [1.807, 2.05) is 0 Å². The molecule has 0 bridgehead atoms. The Labute approximate surface area is 91.6 Å². The van der Waals surface area contributed by atoms with Crippen molar-refractivity contribution in [3.05, 3.63) is 0 Å². The third-order valence-corrected chi connectivity index (χ3v) is 3.71. The first-order valence-corrected chi connectivity index (χ1v) is 6.20. The molecule has 1 saturated heterocycles. The molecule has 15 heavy (non-hydrogen) atoms. The van der Waals surface area contributed by atoms with Gasteiger partial charge in [-0.1, -0.05) is 19.8 Å². The third kappa shape index (κ3) is 2.71. The average Bonchev–Trinajstić information content (AvgIpc) is 2.15. The van der Waals surface area contributed by atoms with Crippen LogP contribution in [0.3, 0.4) is 0 Å². The zero-order chi connectivity index (χ0) is 10.7. The molecule has 3 heteroatoms. The van der Waals surface area contributed by atoms with E-state index in [-0.39, 0.29) is 18.0 Å².